The van der Waals surface area contributed by atoms with Crippen molar-refractivity contribution in [3.05, 3.63) is 0 Å². The quantitative estimate of drug-likeness (QED) is 0.491. The Balaban J connectivity index is 2.54. The van der Waals surface area contributed by atoms with Crippen molar-refractivity contribution < 1.29 is 13.5 Å². The van der Waals surface area contributed by atoms with Gasteiger partial charge in [0.05, 0.1) is 12.6 Å². The van der Waals surface area contributed by atoms with E-state index in [-0.39, 0.29) is 6.61 Å². The van der Waals surface area contributed by atoms with Crippen LogP contribution in [0.4, 0.5) is 8.78 Å². The van der Waals surface area contributed by atoms with Gasteiger partial charge in [-0.15, -0.1) is 0 Å². The van der Waals surface area contributed by atoms with E-state index in [1.807, 2.05) is 0 Å². The third kappa shape index (κ3) is 0.809. The summed E-state index contributed by atoms with van der Waals surface area (Å²) >= 11 is 0. The molecule has 0 amide bonds. The summed E-state index contributed by atoms with van der Waals surface area (Å²) in [7, 11) is 0. The van der Waals surface area contributed by atoms with Gasteiger partial charge >= 0.3 is 0 Å². The number of hydrogen-bond acceptors (Lipinski definition) is 2. The van der Waals surface area contributed by atoms with Crippen molar-refractivity contribution in [2.24, 2.45) is 5.73 Å². The van der Waals surface area contributed by atoms with Gasteiger partial charge in [-0.3, -0.25) is 0 Å². The lowest BCUT2D eigenvalue weighted by Gasteiger charge is -2.09. The molecule has 1 saturated heterocycles. The highest BCUT2D eigenvalue weighted by molar-refractivity contribution is 4.84. The van der Waals surface area contributed by atoms with Gasteiger partial charge in [0.1, 0.15) is 6.61 Å². The molecule has 4 heteroatoms. The standard InChI is InChI=1S/C4H7F2NO/c5-4(6)2-8-1-3(4)7/h3H,1-2,7H2/t3-/m1/s1. The highest BCUT2D eigenvalue weighted by Gasteiger charge is 2.42. The van der Waals surface area contributed by atoms with Crippen LogP contribution < -0.4 is 5.73 Å². The Kier molecular flexibility index (Phi) is 1.21. The molecule has 48 valence electrons. The van der Waals surface area contributed by atoms with Crippen LogP contribution >= 0.6 is 0 Å². The zero-order chi connectivity index (χ0) is 6.20. The molecule has 0 saturated carbocycles. The number of halogens is 2. The molecule has 0 unspecified atom stereocenters. The molecule has 1 heterocycles. The van der Waals surface area contributed by atoms with Crippen molar-refractivity contribution >= 4 is 0 Å². The Morgan fingerprint density at radius 2 is 2.25 bits per heavy atom. The van der Waals surface area contributed by atoms with Gasteiger partial charge in [0, 0.05) is 0 Å². The van der Waals surface area contributed by atoms with Crippen LogP contribution in [0.1, 0.15) is 0 Å². The molecule has 1 fully saturated rings. The predicted molar refractivity (Wildman–Crippen MR) is 23.7 cm³/mol. The Morgan fingerprint density at radius 1 is 1.62 bits per heavy atom. The topological polar surface area (TPSA) is 35.2 Å². The summed E-state index contributed by atoms with van der Waals surface area (Å²) in [6, 6.07) is -1.09. The number of rotatable bonds is 0. The Labute approximate surface area is 45.6 Å². The van der Waals surface area contributed by atoms with Gasteiger partial charge in [0.15, 0.2) is 0 Å². The summed E-state index contributed by atoms with van der Waals surface area (Å²) in [5.74, 6) is -2.79. The average molecular weight is 123 g/mol. The molecule has 0 aromatic carbocycles. The van der Waals surface area contributed by atoms with Crippen LogP contribution in [0, 0.1) is 0 Å². The molecule has 2 nitrogen and oxygen atoms in total. The van der Waals surface area contributed by atoms with Gasteiger partial charge in [-0.25, -0.2) is 8.78 Å². The lowest BCUT2D eigenvalue weighted by Crippen LogP contribution is -2.38. The highest BCUT2D eigenvalue weighted by atomic mass is 19.3. The average Bonchev–Trinajstić information content (AvgIpc) is 1.86. The summed E-state index contributed by atoms with van der Waals surface area (Å²) in [5, 5.41) is 0. The van der Waals surface area contributed by atoms with Crippen LogP contribution in [0.25, 0.3) is 0 Å². The van der Waals surface area contributed by atoms with E-state index in [1.165, 1.54) is 0 Å². The van der Waals surface area contributed by atoms with Crippen molar-refractivity contribution in [2.45, 2.75) is 12.0 Å². The third-order valence-corrected chi connectivity index (χ3v) is 1.13. The van der Waals surface area contributed by atoms with Crippen molar-refractivity contribution in [2.75, 3.05) is 13.2 Å². The van der Waals surface area contributed by atoms with E-state index in [1.54, 1.807) is 0 Å². The van der Waals surface area contributed by atoms with Gasteiger partial charge < -0.3 is 10.5 Å². The minimum atomic E-state index is -2.79. The van der Waals surface area contributed by atoms with E-state index >= 15 is 0 Å². The van der Waals surface area contributed by atoms with Gasteiger partial charge in [0.25, 0.3) is 5.92 Å². The first-order chi connectivity index (χ1) is 3.63. The Hall–Kier alpha value is -0.220. The maximum atomic E-state index is 12.1. The van der Waals surface area contributed by atoms with Crippen LogP contribution in [0.15, 0.2) is 0 Å². The van der Waals surface area contributed by atoms with Crippen LogP contribution in [0.2, 0.25) is 0 Å². The van der Waals surface area contributed by atoms with Gasteiger partial charge in [-0.1, -0.05) is 0 Å². The van der Waals surface area contributed by atoms with Crippen LogP contribution in [-0.2, 0) is 4.74 Å². The molecular formula is C4H7F2NO. The second-order valence-corrected chi connectivity index (χ2v) is 1.88. The zero-order valence-electron chi connectivity index (χ0n) is 4.23. The SMILES string of the molecule is N[C@@H]1COCC1(F)F. The summed E-state index contributed by atoms with van der Waals surface area (Å²) < 4.78 is 28.6. The first-order valence-electron chi connectivity index (χ1n) is 2.34. The van der Waals surface area contributed by atoms with Crippen LogP contribution in [0.5, 0.6) is 0 Å². The molecule has 1 aliphatic rings. The molecule has 0 radical (unpaired) electrons. The fourth-order valence-electron chi connectivity index (χ4n) is 0.551. The number of ether oxygens (including phenoxy) is 1. The van der Waals surface area contributed by atoms with Gasteiger partial charge in [-0.05, 0) is 0 Å². The molecule has 0 aromatic heterocycles. The van der Waals surface area contributed by atoms with E-state index < -0.39 is 18.6 Å². The fourth-order valence-corrected chi connectivity index (χ4v) is 0.551. The molecule has 1 aliphatic heterocycles. The first-order valence-corrected chi connectivity index (χ1v) is 2.34. The molecule has 1 atom stereocenters. The lowest BCUT2D eigenvalue weighted by atomic mass is 10.2. The summed E-state index contributed by atoms with van der Waals surface area (Å²) in [6.07, 6.45) is 0. The molecule has 0 bridgehead atoms. The lowest BCUT2D eigenvalue weighted by molar-refractivity contribution is -0.0166. The number of nitrogens with two attached hydrogens (primary N) is 1. The summed E-state index contributed by atoms with van der Waals surface area (Å²) in [6.45, 7) is -0.541. The van der Waals surface area contributed by atoms with Gasteiger partial charge in [0.2, 0.25) is 0 Å². The number of alkyl halides is 2. The zero-order valence-corrected chi connectivity index (χ0v) is 4.23. The third-order valence-electron chi connectivity index (χ3n) is 1.13. The van der Waals surface area contributed by atoms with Gasteiger partial charge in [-0.2, -0.15) is 0 Å². The van der Waals surface area contributed by atoms with Crippen molar-refractivity contribution in [3.63, 3.8) is 0 Å². The Morgan fingerprint density at radius 3 is 2.38 bits per heavy atom. The molecule has 2 N–H and O–H groups in total. The molecule has 0 aromatic rings. The molecule has 8 heavy (non-hydrogen) atoms. The molecule has 0 spiro atoms. The van der Waals surface area contributed by atoms with E-state index in [0.29, 0.717) is 0 Å². The summed E-state index contributed by atoms with van der Waals surface area (Å²) in [4.78, 5) is 0. The van der Waals surface area contributed by atoms with E-state index in [0.717, 1.165) is 0 Å². The second kappa shape index (κ2) is 1.63. The largest absolute Gasteiger partial charge is 0.373 e. The van der Waals surface area contributed by atoms with E-state index in [9.17, 15) is 8.78 Å². The maximum Gasteiger partial charge on any atom is 0.287 e. The predicted octanol–water partition coefficient (Wildman–Crippen LogP) is -0.0208. The first kappa shape index (κ1) is 5.91. The normalized spacial score (nSPS) is 35.6. The highest BCUT2D eigenvalue weighted by Crippen LogP contribution is 2.22. The number of hydrogen-bond donors (Lipinski definition) is 1. The van der Waals surface area contributed by atoms with E-state index in [2.05, 4.69) is 4.74 Å². The smallest absolute Gasteiger partial charge is 0.287 e. The van der Waals surface area contributed by atoms with Crippen molar-refractivity contribution in [3.8, 4) is 0 Å². The Bertz CT molecular complexity index is 96.0. The van der Waals surface area contributed by atoms with Crippen molar-refractivity contribution in [1.82, 2.24) is 0 Å². The van der Waals surface area contributed by atoms with Crippen molar-refractivity contribution in [1.29, 1.82) is 0 Å². The van der Waals surface area contributed by atoms with Crippen LogP contribution in [0.3, 0.4) is 0 Å². The maximum absolute atomic E-state index is 12.1. The molecule has 0 aliphatic carbocycles. The van der Waals surface area contributed by atoms with Crippen LogP contribution in [-0.4, -0.2) is 25.2 Å². The van der Waals surface area contributed by atoms with E-state index in [4.69, 9.17) is 5.73 Å². The summed E-state index contributed by atoms with van der Waals surface area (Å²) in [5.41, 5.74) is 4.94. The second-order valence-electron chi connectivity index (χ2n) is 1.88. The molecular weight excluding hydrogens is 116 g/mol. The minimum Gasteiger partial charge on any atom is -0.373 e. The monoisotopic (exact) mass is 123 g/mol. The minimum absolute atomic E-state index is 0.0208. The fraction of sp³-hybridized carbons (Fsp3) is 1.00. The molecule has 1 rings (SSSR count).